The second-order valence-corrected chi connectivity index (χ2v) is 8.15. The van der Waals surface area contributed by atoms with Crippen molar-refractivity contribution in [3.63, 3.8) is 0 Å². The SMILES string of the molecule is Cc1c(-c2ccccc2)c(N2CC[C@H](N(C)C)C2)n2c(nc3ncccc32)c1C#N. The van der Waals surface area contributed by atoms with E-state index in [1.54, 1.807) is 6.20 Å². The van der Waals surface area contributed by atoms with Crippen molar-refractivity contribution >= 4 is 22.6 Å². The van der Waals surface area contributed by atoms with Gasteiger partial charge >= 0.3 is 0 Å². The first kappa shape index (κ1) is 18.6. The Morgan fingerprint density at radius 2 is 1.93 bits per heavy atom. The molecule has 0 unspecified atom stereocenters. The maximum Gasteiger partial charge on any atom is 0.178 e. The number of nitriles is 1. The van der Waals surface area contributed by atoms with E-state index < -0.39 is 0 Å². The molecule has 0 N–H and O–H groups in total. The zero-order chi connectivity index (χ0) is 20.8. The quantitative estimate of drug-likeness (QED) is 0.526. The highest BCUT2D eigenvalue weighted by Crippen LogP contribution is 2.40. The fourth-order valence-electron chi connectivity index (χ4n) is 4.61. The van der Waals surface area contributed by atoms with Gasteiger partial charge in [0.25, 0.3) is 0 Å². The van der Waals surface area contributed by atoms with Crippen LogP contribution in [-0.2, 0) is 0 Å². The Labute approximate surface area is 176 Å². The van der Waals surface area contributed by atoms with Gasteiger partial charge in [-0.2, -0.15) is 5.26 Å². The number of rotatable bonds is 3. The van der Waals surface area contributed by atoms with Crippen molar-refractivity contribution in [3.8, 4) is 17.2 Å². The molecule has 1 aliphatic heterocycles. The molecule has 0 saturated carbocycles. The molecular weight excluding hydrogens is 372 g/mol. The zero-order valence-electron chi connectivity index (χ0n) is 17.5. The minimum absolute atomic E-state index is 0.493. The molecule has 1 aromatic carbocycles. The number of anilines is 1. The molecule has 1 atom stereocenters. The van der Waals surface area contributed by atoms with Gasteiger partial charge in [0.15, 0.2) is 11.3 Å². The van der Waals surface area contributed by atoms with E-state index in [1.165, 1.54) is 0 Å². The first-order chi connectivity index (χ1) is 14.6. The van der Waals surface area contributed by atoms with Crippen LogP contribution < -0.4 is 4.90 Å². The van der Waals surface area contributed by atoms with Gasteiger partial charge in [0.2, 0.25) is 0 Å². The fourth-order valence-corrected chi connectivity index (χ4v) is 4.61. The third-order valence-electron chi connectivity index (χ3n) is 6.21. The van der Waals surface area contributed by atoms with Gasteiger partial charge in [0, 0.05) is 30.9 Å². The maximum atomic E-state index is 10.0. The molecule has 30 heavy (non-hydrogen) atoms. The summed E-state index contributed by atoms with van der Waals surface area (Å²) >= 11 is 0. The molecule has 0 aliphatic carbocycles. The second kappa shape index (κ2) is 7.12. The van der Waals surface area contributed by atoms with Gasteiger partial charge in [0.1, 0.15) is 11.9 Å². The van der Waals surface area contributed by atoms with E-state index in [0.717, 1.165) is 47.5 Å². The van der Waals surface area contributed by atoms with E-state index in [9.17, 15) is 5.26 Å². The van der Waals surface area contributed by atoms with Crippen LogP contribution in [0.25, 0.3) is 27.9 Å². The summed E-state index contributed by atoms with van der Waals surface area (Å²) in [6.07, 6.45) is 2.86. The van der Waals surface area contributed by atoms with Crippen LogP contribution in [0.5, 0.6) is 0 Å². The molecule has 0 radical (unpaired) electrons. The largest absolute Gasteiger partial charge is 0.356 e. The van der Waals surface area contributed by atoms with Gasteiger partial charge in [-0.05, 0) is 50.7 Å². The summed E-state index contributed by atoms with van der Waals surface area (Å²) in [7, 11) is 4.28. The first-order valence-corrected chi connectivity index (χ1v) is 10.3. The Hall–Kier alpha value is -3.43. The number of pyridine rings is 2. The lowest BCUT2D eigenvalue weighted by molar-refractivity contribution is 0.315. The molecule has 1 aliphatic rings. The Morgan fingerprint density at radius 1 is 1.13 bits per heavy atom. The predicted molar refractivity (Wildman–Crippen MR) is 120 cm³/mol. The highest BCUT2D eigenvalue weighted by molar-refractivity contribution is 5.91. The standard InChI is InChI=1S/C24H24N6/c1-16-19(14-25)23-27-22-20(10-7-12-26-22)30(23)24(21(16)17-8-5-4-6-9-17)29-13-11-18(15-29)28(2)3/h4-10,12,18H,11,13,15H2,1-3H3/t18-/m0/s1. The van der Waals surface area contributed by atoms with Crippen molar-refractivity contribution in [2.24, 2.45) is 0 Å². The van der Waals surface area contributed by atoms with Crippen LogP contribution in [0.2, 0.25) is 0 Å². The summed E-state index contributed by atoms with van der Waals surface area (Å²) in [5, 5.41) is 10.0. The number of likely N-dealkylation sites (N-methyl/N-ethyl adjacent to an activating group) is 1. The average molecular weight is 396 g/mol. The van der Waals surface area contributed by atoms with Gasteiger partial charge in [-0.15, -0.1) is 0 Å². The van der Waals surface area contributed by atoms with Crippen LogP contribution in [0, 0.1) is 18.3 Å². The molecule has 6 heteroatoms. The Kier molecular flexibility index (Phi) is 4.41. The summed E-state index contributed by atoms with van der Waals surface area (Å²) in [5.74, 6) is 1.10. The van der Waals surface area contributed by atoms with Crippen molar-refractivity contribution < 1.29 is 0 Å². The highest BCUT2D eigenvalue weighted by Gasteiger charge is 2.31. The molecule has 0 spiro atoms. The van der Waals surface area contributed by atoms with Crippen LogP contribution >= 0.6 is 0 Å². The van der Waals surface area contributed by atoms with Crippen molar-refractivity contribution in [2.75, 3.05) is 32.1 Å². The maximum absolute atomic E-state index is 10.0. The van der Waals surface area contributed by atoms with E-state index in [4.69, 9.17) is 4.98 Å². The molecular formula is C24H24N6. The lowest BCUT2D eigenvalue weighted by Gasteiger charge is -2.27. The summed E-state index contributed by atoms with van der Waals surface area (Å²) in [6.45, 7) is 3.94. The van der Waals surface area contributed by atoms with Gasteiger partial charge < -0.3 is 9.80 Å². The number of hydrogen-bond acceptors (Lipinski definition) is 5. The van der Waals surface area contributed by atoms with E-state index >= 15 is 0 Å². The molecule has 3 aromatic heterocycles. The van der Waals surface area contributed by atoms with Crippen LogP contribution in [0.15, 0.2) is 48.7 Å². The Balaban J connectivity index is 1.91. The third kappa shape index (κ3) is 2.74. The first-order valence-electron chi connectivity index (χ1n) is 10.3. The summed E-state index contributed by atoms with van der Waals surface area (Å²) < 4.78 is 2.15. The fraction of sp³-hybridized carbons (Fsp3) is 0.292. The summed E-state index contributed by atoms with van der Waals surface area (Å²) in [5.41, 5.74) is 6.08. The lowest BCUT2D eigenvalue weighted by atomic mass is 9.97. The molecule has 1 fully saturated rings. The van der Waals surface area contributed by atoms with Crippen LogP contribution in [-0.4, -0.2) is 52.5 Å². The van der Waals surface area contributed by atoms with Crippen LogP contribution in [0.4, 0.5) is 5.82 Å². The van der Waals surface area contributed by atoms with Crippen LogP contribution in [0.3, 0.4) is 0 Å². The molecule has 4 aromatic rings. The normalized spacial score (nSPS) is 16.6. The molecule has 5 rings (SSSR count). The smallest absolute Gasteiger partial charge is 0.178 e. The molecule has 0 bridgehead atoms. The molecule has 1 saturated heterocycles. The van der Waals surface area contributed by atoms with Crippen molar-refractivity contribution in [2.45, 2.75) is 19.4 Å². The number of aromatic nitrogens is 3. The topological polar surface area (TPSA) is 60.5 Å². The number of hydrogen-bond donors (Lipinski definition) is 0. The second-order valence-electron chi connectivity index (χ2n) is 8.15. The van der Waals surface area contributed by atoms with Crippen LogP contribution in [0.1, 0.15) is 17.5 Å². The monoisotopic (exact) mass is 396 g/mol. The average Bonchev–Trinajstić information content (AvgIpc) is 3.39. The third-order valence-corrected chi connectivity index (χ3v) is 6.21. The van der Waals surface area contributed by atoms with Crippen molar-refractivity contribution in [1.29, 1.82) is 5.26 Å². The van der Waals surface area contributed by atoms with Crippen molar-refractivity contribution in [3.05, 3.63) is 59.8 Å². The van der Waals surface area contributed by atoms with Crippen molar-refractivity contribution in [1.82, 2.24) is 19.3 Å². The van der Waals surface area contributed by atoms with Gasteiger partial charge in [-0.3, -0.25) is 4.40 Å². The number of benzene rings is 1. The zero-order valence-corrected chi connectivity index (χ0v) is 17.5. The molecule has 150 valence electrons. The lowest BCUT2D eigenvalue weighted by Crippen LogP contribution is -2.32. The Morgan fingerprint density at radius 3 is 2.63 bits per heavy atom. The van der Waals surface area contributed by atoms with Gasteiger partial charge in [-0.1, -0.05) is 30.3 Å². The van der Waals surface area contributed by atoms with Gasteiger partial charge in [-0.25, -0.2) is 9.97 Å². The van der Waals surface area contributed by atoms with E-state index in [0.29, 0.717) is 22.9 Å². The van der Waals surface area contributed by atoms with Gasteiger partial charge in [0.05, 0.1) is 11.1 Å². The highest BCUT2D eigenvalue weighted by atomic mass is 15.3. The summed E-state index contributed by atoms with van der Waals surface area (Å²) in [4.78, 5) is 14.0. The van der Waals surface area contributed by atoms with E-state index in [-0.39, 0.29) is 0 Å². The molecule has 6 nitrogen and oxygen atoms in total. The minimum Gasteiger partial charge on any atom is -0.356 e. The number of imidazole rings is 1. The van der Waals surface area contributed by atoms with E-state index in [1.807, 2.05) is 25.1 Å². The molecule has 0 amide bonds. The summed E-state index contributed by atoms with van der Waals surface area (Å²) in [6, 6.07) is 17.2. The number of nitrogens with zero attached hydrogens (tertiary/aromatic N) is 6. The molecule has 4 heterocycles. The number of fused-ring (bicyclic) bond motifs is 3. The minimum atomic E-state index is 0.493. The predicted octanol–water partition coefficient (Wildman–Crippen LogP) is 3.87. The Bertz CT molecular complexity index is 1280. The van der Waals surface area contributed by atoms with E-state index in [2.05, 4.69) is 63.6 Å².